The Bertz CT molecular complexity index is 681. The van der Waals surface area contributed by atoms with Crippen LogP contribution >= 0.6 is 0 Å². The molecule has 25 heavy (non-hydrogen) atoms. The fourth-order valence-corrected chi connectivity index (χ4v) is 4.33. The fraction of sp³-hybridized carbons (Fsp3) is 0.556. The first-order chi connectivity index (χ1) is 12.0. The number of nitrogens with one attached hydrogen (secondary N) is 1. The fourth-order valence-electron chi connectivity index (χ4n) is 4.33. The monoisotopic (exact) mass is 343 g/mol. The van der Waals surface area contributed by atoms with E-state index >= 15 is 0 Å². The lowest BCUT2D eigenvalue weighted by atomic mass is 10.0. The van der Waals surface area contributed by atoms with Crippen molar-refractivity contribution in [2.45, 2.75) is 32.3 Å². The van der Waals surface area contributed by atoms with Crippen molar-refractivity contribution >= 4 is 17.6 Å². The number of hydrogen-bond donors (Lipinski definition) is 1. The van der Waals surface area contributed by atoms with Crippen LogP contribution < -0.4 is 10.2 Å². The molecule has 0 spiro atoms. The van der Waals surface area contributed by atoms with E-state index in [2.05, 4.69) is 34.2 Å². The number of para-hydroxylation sites is 1. The van der Waals surface area contributed by atoms with Crippen molar-refractivity contribution in [3.63, 3.8) is 0 Å². The first-order valence-electron chi connectivity index (χ1n) is 8.94. The van der Waals surface area contributed by atoms with Gasteiger partial charge < -0.3 is 9.80 Å². The maximum atomic E-state index is 13.0. The van der Waals surface area contributed by atoms with Gasteiger partial charge in [-0.3, -0.25) is 19.9 Å². The Kier molecular flexibility index (Phi) is 3.92. The minimum Gasteiger partial charge on any atom is -0.343 e. The SMILES string of the molecule is CCN1C(=O)C2C(NC3N(c4ccccc4)CC(C)CN23)N(C)C1=O. The average Bonchev–Trinajstić information content (AvgIpc) is 3.00. The van der Waals surface area contributed by atoms with Crippen LogP contribution in [0, 0.1) is 5.92 Å². The van der Waals surface area contributed by atoms with Crippen LogP contribution in [0.1, 0.15) is 13.8 Å². The third kappa shape index (κ3) is 2.41. The molecule has 0 radical (unpaired) electrons. The Balaban J connectivity index is 1.70. The molecule has 3 amide bonds. The van der Waals surface area contributed by atoms with Crippen LogP contribution in [0.15, 0.2) is 30.3 Å². The van der Waals surface area contributed by atoms with Crippen molar-refractivity contribution in [1.82, 2.24) is 20.0 Å². The van der Waals surface area contributed by atoms with E-state index in [0.29, 0.717) is 12.5 Å². The first kappa shape index (κ1) is 16.4. The van der Waals surface area contributed by atoms with E-state index in [1.165, 1.54) is 4.90 Å². The van der Waals surface area contributed by atoms with E-state index in [-0.39, 0.29) is 30.4 Å². The van der Waals surface area contributed by atoms with Crippen LogP contribution in [-0.2, 0) is 4.79 Å². The molecule has 4 rings (SSSR count). The Morgan fingerprint density at radius 1 is 1.16 bits per heavy atom. The van der Waals surface area contributed by atoms with E-state index in [9.17, 15) is 9.59 Å². The van der Waals surface area contributed by atoms with Gasteiger partial charge in [0.05, 0.1) is 0 Å². The molecule has 3 saturated heterocycles. The van der Waals surface area contributed by atoms with Gasteiger partial charge in [0.25, 0.3) is 5.91 Å². The van der Waals surface area contributed by atoms with Crippen molar-refractivity contribution in [2.24, 2.45) is 5.92 Å². The number of carbonyl (C=O) groups excluding carboxylic acids is 2. The summed E-state index contributed by atoms with van der Waals surface area (Å²) in [5.74, 6) is 0.343. The molecule has 4 atom stereocenters. The summed E-state index contributed by atoms with van der Waals surface area (Å²) in [6.07, 6.45) is -0.367. The first-order valence-corrected chi connectivity index (χ1v) is 8.94. The normalized spacial score (nSPS) is 32.8. The second-order valence-electron chi connectivity index (χ2n) is 7.20. The summed E-state index contributed by atoms with van der Waals surface area (Å²) >= 11 is 0. The molecule has 7 heteroatoms. The van der Waals surface area contributed by atoms with Gasteiger partial charge >= 0.3 is 6.03 Å². The molecule has 4 unspecified atom stereocenters. The minimum absolute atomic E-state index is 0.0791. The van der Waals surface area contributed by atoms with Crippen molar-refractivity contribution in [3.05, 3.63) is 30.3 Å². The number of amides is 3. The molecule has 0 bridgehead atoms. The topological polar surface area (TPSA) is 59.1 Å². The summed E-state index contributed by atoms with van der Waals surface area (Å²) in [5, 5.41) is 3.53. The largest absolute Gasteiger partial charge is 0.343 e. The summed E-state index contributed by atoms with van der Waals surface area (Å²) in [6, 6.07) is 9.69. The number of fused-ring (bicyclic) bond motifs is 3. The number of benzene rings is 1. The molecule has 0 aliphatic carbocycles. The van der Waals surface area contributed by atoms with Crippen LogP contribution in [-0.4, -0.2) is 71.8 Å². The molecule has 134 valence electrons. The van der Waals surface area contributed by atoms with Crippen LogP contribution in [0.25, 0.3) is 0 Å². The maximum absolute atomic E-state index is 13.0. The Morgan fingerprint density at radius 2 is 1.88 bits per heavy atom. The standard InChI is InChI=1S/C18H25N5O2/c1-4-21-16(24)14-15(20(3)18(21)25)19-17-22(10-12(2)11-23(14)17)13-8-6-5-7-9-13/h5-9,12,14-15,17,19H,4,10-11H2,1-3H3. The van der Waals surface area contributed by atoms with Gasteiger partial charge in [-0.1, -0.05) is 25.1 Å². The van der Waals surface area contributed by atoms with E-state index in [1.807, 2.05) is 25.1 Å². The predicted octanol–water partition coefficient (Wildman–Crippen LogP) is 0.940. The summed E-state index contributed by atoms with van der Waals surface area (Å²) in [7, 11) is 1.77. The number of hydrogen-bond acceptors (Lipinski definition) is 5. The second kappa shape index (κ2) is 6.00. The molecule has 1 N–H and O–H groups in total. The number of imide groups is 1. The number of nitrogens with zero attached hydrogens (tertiary/aromatic N) is 4. The molecule has 3 aliphatic rings. The van der Waals surface area contributed by atoms with E-state index in [1.54, 1.807) is 11.9 Å². The van der Waals surface area contributed by atoms with Gasteiger partial charge in [0.2, 0.25) is 0 Å². The third-order valence-corrected chi connectivity index (χ3v) is 5.49. The highest BCUT2D eigenvalue weighted by atomic mass is 16.2. The Morgan fingerprint density at radius 3 is 2.56 bits per heavy atom. The van der Waals surface area contributed by atoms with Gasteiger partial charge in [0, 0.05) is 32.4 Å². The average molecular weight is 343 g/mol. The van der Waals surface area contributed by atoms with E-state index < -0.39 is 0 Å². The highest BCUT2D eigenvalue weighted by Gasteiger charge is 2.56. The molecule has 0 saturated carbocycles. The molecule has 3 aliphatic heterocycles. The quantitative estimate of drug-likeness (QED) is 0.866. The zero-order chi connectivity index (χ0) is 17.7. The maximum Gasteiger partial charge on any atom is 0.327 e. The molecule has 1 aromatic rings. The summed E-state index contributed by atoms with van der Waals surface area (Å²) in [6.45, 7) is 6.22. The summed E-state index contributed by atoms with van der Waals surface area (Å²) in [5.41, 5.74) is 1.13. The minimum atomic E-state index is -0.332. The van der Waals surface area contributed by atoms with Crippen molar-refractivity contribution < 1.29 is 9.59 Å². The van der Waals surface area contributed by atoms with Crippen molar-refractivity contribution in [3.8, 4) is 0 Å². The van der Waals surface area contributed by atoms with E-state index in [0.717, 1.165) is 18.8 Å². The Hall–Kier alpha value is -2.12. The molecular weight excluding hydrogens is 318 g/mol. The molecular formula is C18H25N5O2. The van der Waals surface area contributed by atoms with Gasteiger partial charge in [-0.25, -0.2) is 4.79 Å². The van der Waals surface area contributed by atoms with Gasteiger partial charge in [0.15, 0.2) is 0 Å². The van der Waals surface area contributed by atoms with Crippen LogP contribution in [0.4, 0.5) is 10.5 Å². The summed E-state index contributed by atoms with van der Waals surface area (Å²) < 4.78 is 0. The zero-order valence-corrected chi connectivity index (χ0v) is 14.9. The molecule has 1 aromatic carbocycles. The zero-order valence-electron chi connectivity index (χ0n) is 14.9. The smallest absolute Gasteiger partial charge is 0.327 e. The van der Waals surface area contributed by atoms with Crippen LogP contribution in [0.2, 0.25) is 0 Å². The second-order valence-corrected chi connectivity index (χ2v) is 7.20. The summed E-state index contributed by atoms with van der Waals surface area (Å²) in [4.78, 5) is 33.0. The molecule has 3 heterocycles. The van der Waals surface area contributed by atoms with Crippen molar-refractivity contribution in [1.29, 1.82) is 0 Å². The van der Waals surface area contributed by atoms with Crippen LogP contribution in [0.5, 0.6) is 0 Å². The number of anilines is 1. The number of likely N-dealkylation sites (N-methyl/N-ethyl adjacent to an activating group) is 2. The number of carbonyl (C=O) groups is 2. The van der Waals surface area contributed by atoms with Gasteiger partial charge in [-0.15, -0.1) is 0 Å². The number of rotatable bonds is 2. The van der Waals surface area contributed by atoms with Crippen molar-refractivity contribution in [2.75, 3.05) is 31.6 Å². The molecule has 3 fully saturated rings. The third-order valence-electron chi connectivity index (χ3n) is 5.49. The lowest BCUT2D eigenvalue weighted by Gasteiger charge is -2.45. The molecule has 7 nitrogen and oxygen atoms in total. The highest BCUT2D eigenvalue weighted by molar-refractivity contribution is 6.00. The highest BCUT2D eigenvalue weighted by Crippen LogP contribution is 2.34. The van der Waals surface area contributed by atoms with Crippen LogP contribution in [0.3, 0.4) is 0 Å². The Labute approximate surface area is 148 Å². The van der Waals surface area contributed by atoms with Gasteiger partial charge in [-0.2, -0.15) is 0 Å². The van der Waals surface area contributed by atoms with Gasteiger partial charge in [-0.05, 0) is 25.0 Å². The lowest BCUT2D eigenvalue weighted by Crippen LogP contribution is -2.66. The van der Waals surface area contributed by atoms with Gasteiger partial charge in [0.1, 0.15) is 18.5 Å². The van der Waals surface area contributed by atoms with E-state index in [4.69, 9.17) is 0 Å². The number of urea groups is 1. The lowest BCUT2D eigenvalue weighted by molar-refractivity contribution is -0.138. The predicted molar refractivity (Wildman–Crippen MR) is 94.7 cm³/mol. The molecule has 0 aromatic heterocycles.